The zero-order chi connectivity index (χ0) is 14.5. The third-order valence-corrected chi connectivity index (χ3v) is 3.30. The Bertz CT molecular complexity index is 561. The number of carbonyl (C=O) groups excluding carboxylic acids is 1. The van der Waals surface area contributed by atoms with Gasteiger partial charge in [-0.05, 0) is 35.2 Å². The van der Waals surface area contributed by atoms with E-state index in [0.717, 1.165) is 5.69 Å². The Morgan fingerprint density at radius 2 is 1.80 bits per heavy atom. The number of rotatable bonds is 4. The Labute approximate surface area is 120 Å². The fourth-order valence-electron chi connectivity index (χ4n) is 2.50. The highest BCUT2D eigenvalue weighted by Crippen LogP contribution is 2.31. The van der Waals surface area contributed by atoms with Crippen LogP contribution >= 0.6 is 0 Å². The molecule has 0 bridgehead atoms. The maximum absolute atomic E-state index is 11.0. The van der Waals surface area contributed by atoms with Crippen molar-refractivity contribution in [3.05, 3.63) is 59.9 Å². The van der Waals surface area contributed by atoms with Crippen molar-refractivity contribution in [3.8, 4) is 0 Å². The summed E-state index contributed by atoms with van der Waals surface area (Å²) in [7, 11) is 0. The molecule has 0 fully saturated rings. The zero-order valence-corrected chi connectivity index (χ0v) is 12.1. The maximum Gasteiger partial charge on any atom is 0.221 e. The molecule has 1 atom stereocenters. The van der Waals surface area contributed by atoms with Gasteiger partial charge in [-0.2, -0.15) is 0 Å². The van der Waals surface area contributed by atoms with Crippen LogP contribution in [0.2, 0.25) is 0 Å². The maximum atomic E-state index is 11.0. The number of anilines is 1. The molecular formula is C17H20N2O. The first-order valence-corrected chi connectivity index (χ1v) is 6.85. The monoisotopic (exact) mass is 268 g/mol. The van der Waals surface area contributed by atoms with Gasteiger partial charge in [0.05, 0.1) is 0 Å². The molecule has 1 aromatic heterocycles. The average molecular weight is 268 g/mol. The van der Waals surface area contributed by atoms with Gasteiger partial charge in [0.15, 0.2) is 0 Å². The van der Waals surface area contributed by atoms with Crippen LogP contribution < -0.4 is 5.32 Å². The molecule has 104 valence electrons. The van der Waals surface area contributed by atoms with Gasteiger partial charge in [0, 0.05) is 30.9 Å². The molecule has 2 rings (SSSR count). The van der Waals surface area contributed by atoms with E-state index in [1.165, 1.54) is 18.1 Å². The van der Waals surface area contributed by atoms with Crippen LogP contribution in [-0.2, 0) is 4.79 Å². The van der Waals surface area contributed by atoms with E-state index in [1.807, 2.05) is 24.4 Å². The van der Waals surface area contributed by atoms with Crippen LogP contribution in [0.25, 0.3) is 0 Å². The van der Waals surface area contributed by atoms with E-state index in [9.17, 15) is 4.79 Å². The fourth-order valence-corrected chi connectivity index (χ4v) is 2.50. The summed E-state index contributed by atoms with van der Waals surface area (Å²) >= 11 is 0. The molecule has 1 N–H and O–H groups in total. The smallest absolute Gasteiger partial charge is 0.221 e. The lowest BCUT2D eigenvalue weighted by molar-refractivity contribution is -0.114. The number of nitrogens with one attached hydrogen (secondary N) is 1. The van der Waals surface area contributed by atoms with Crippen molar-refractivity contribution < 1.29 is 4.79 Å². The minimum Gasteiger partial charge on any atom is -0.326 e. The lowest BCUT2D eigenvalue weighted by atomic mass is 9.83. The number of benzene rings is 1. The number of hydrogen-bond donors (Lipinski definition) is 1. The number of hydrogen-bond acceptors (Lipinski definition) is 2. The first-order chi connectivity index (χ1) is 9.58. The SMILES string of the molecule is CC(=O)Nc1ccc(C(c2cccnc2)C(C)C)cc1. The second-order valence-electron chi connectivity index (χ2n) is 5.31. The third-order valence-electron chi connectivity index (χ3n) is 3.30. The van der Waals surface area contributed by atoms with E-state index in [0.29, 0.717) is 11.8 Å². The summed E-state index contributed by atoms with van der Waals surface area (Å²) in [4.78, 5) is 15.3. The summed E-state index contributed by atoms with van der Waals surface area (Å²) in [5, 5.41) is 2.79. The Morgan fingerprint density at radius 1 is 1.10 bits per heavy atom. The molecule has 1 unspecified atom stereocenters. The average Bonchev–Trinajstić information content (AvgIpc) is 2.41. The van der Waals surface area contributed by atoms with E-state index >= 15 is 0 Å². The predicted octanol–water partition coefficient (Wildman–Crippen LogP) is 3.83. The lowest BCUT2D eigenvalue weighted by Crippen LogP contribution is -2.10. The number of carbonyl (C=O) groups is 1. The molecule has 2 aromatic rings. The molecule has 0 saturated carbocycles. The van der Waals surface area contributed by atoms with Gasteiger partial charge in [-0.25, -0.2) is 0 Å². The lowest BCUT2D eigenvalue weighted by Gasteiger charge is -2.22. The van der Waals surface area contributed by atoms with Crippen molar-refractivity contribution in [2.75, 3.05) is 5.32 Å². The van der Waals surface area contributed by atoms with Crippen LogP contribution in [0.5, 0.6) is 0 Å². The molecule has 0 saturated heterocycles. The molecule has 1 heterocycles. The molecule has 20 heavy (non-hydrogen) atoms. The van der Waals surface area contributed by atoms with E-state index in [2.05, 4.69) is 42.3 Å². The van der Waals surface area contributed by atoms with Crippen molar-refractivity contribution in [2.24, 2.45) is 5.92 Å². The fraction of sp³-hybridized carbons (Fsp3) is 0.294. The van der Waals surface area contributed by atoms with Gasteiger partial charge in [-0.3, -0.25) is 9.78 Å². The molecule has 1 aromatic carbocycles. The summed E-state index contributed by atoms with van der Waals surface area (Å²) in [5.41, 5.74) is 3.28. The zero-order valence-electron chi connectivity index (χ0n) is 12.1. The highest BCUT2D eigenvalue weighted by Gasteiger charge is 2.18. The molecule has 0 aliphatic rings. The summed E-state index contributed by atoms with van der Waals surface area (Å²) in [6, 6.07) is 12.1. The van der Waals surface area contributed by atoms with Crippen LogP contribution in [0.4, 0.5) is 5.69 Å². The van der Waals surface area contributed by atoms with E-state index < -0.39 is 0 Å². The van der Waals surface area contributed by atoms with Crippen molar-refractivity contribution in [2.45, 2.75) is 26.7 Å². The first-order valence-electron chi connectivity index (χ1n) is 6.85. The quantitative estimate of drug-likeness (QED) is 0.915. The van der Waals surface area contributed by atoms with Crippen LogP contribution in [0.1, 0.15) is 37.8 Å². The Balaban J connectivity index is 2.29. The Hall–Kier alpha value is -2.16. The highest BCUT2D eigenvalue weighted by molar-refractivity contribution is 5.88. The highest BCUT2D eigenvalue weighted by atomic mass is 16.1. The van der Waals surface area contributed by atoms with Crippen LogP contribution in [0.15, 0.2) is 48.8 Å². The molecular weight excluding hydrogens is 248 g/mol. The minimum absolute atomic E-state index is 0.0505. The van der Waals surface area contributed by atoms with Crippen molar-refractivity contribution in [3.63, 3.8) is 0 Å². The first kappa shape index (κ1) is 14.3. The normalized spacial score (nSPS) is 12.2. The third kappa shape index (κ3) is 3.44. The van der Waals surface area contributed by atoms with Gasteiger partial charge in [0.25, 0.3) is 0 Å². The van der Waals surface area contributed by atoms with E-state index in [4.69, 9.17) is 0 Å². The molecule has 0 radical (unpaired) electrons. The van der Waals surface area contributed by atoms with Crippen molar-refractivity contribution in [1.82, 2.24) is 4.98 Å². The standard InChI is InChI=1S/C17H20N2O/c1-12(2)17(15-5-4-10-18-11-15)14-6-8-16(9-7-14)19-13(3)20/h4-12,17H,1-3H3,(H,19,20). The molecule has 0 aliphatic heterocycles. The van der Waals surface area contributed by atoms with Crippen LogP contribution in [-0.4, -0.2) is 10.9 Å². The van der Waals surface area contributed by atoms with Gasteiger partial charge in [0.1, 0.15) is 0 Å². The topological polar surface area (TPSA) is 42.0 Å². The van der Waals surface area contributed by atoms with Gasteiger partial charge in [-0.15, -0.1) is 0 Å². The van der Waals surface area contributed by atoms with Crippen molar-refractivity contribution in [1.29, 1.82) is 0 Å². The van der Waals surface area contributed by atoms with Crippen LogP contribution in [0, 0.1) is 5.92 Å². The summed E-state index contributed by atoms with van der Waals surface area (Å²) in [6.45, 7) is 5.93. The largest absolute Gasteiger partial charge is 0.326 e. The van der Waals surface area contributed by atoms with Gasteiger partial charge in [-0.1, -0.05) is 32.0 Å². The van der Waals surface area contributed by atoms with E-state index in [-0.39, 0.29) is 5.91 Å². The van der Waals surface area contributed by atoms with Crippen LogP contribution in [0.3, 0.4) is 0 Å². The second kappa shape index (κ2) is 6.33. The number of pyridine rings is 1. The summed E-state index contributed by atoms with van der Waals surface area (Å²) < 4.78 is 0. The summed E-state index contributed by atoms with van der Waals surface area (Å²) in [5.74, 6) is 0.742. The van der Waals surface area contributed by atoms with Crippen molar-refractivity contribution >= 4 is 11.6 Å². The molecule has 0 aliphatic carbocycles. The Kier molecular flexibility index (Phi) is 4.51. The summed E-state index contributed by atoms with van der Waals surface area (Å²) in [6.07, 6.45) is 3.72. The van der Waals surface area contributed by atoms with Gasteiger partial charge >= 0.3 is 0 Å². The number of amides is 1. The molecule has 1 amide bonds. The number of nitrogens with zero attached hydrogens (tertiary/aromatic N) is 1. The molecule has 3 heteroatoms. The van der Waals surface area contributed by atoms with Gasteiger partial charge < -0.3 is 5.32 Å². The van der Waals surface area contributed by atoms with E-state index in [1.54, 1.807) is 6.20 Å². The minimum atomic E-state index is -0.0505. The predicted molar refractivity (Wildman–Crippen MR) is 81.7 cm³/mol. The van der Waals surface area contributed by atoms with Gasteiger partial charge in [0.2, 0.25) is 5.91 Å². The number of aromatic nitrogens is 1. The molecule has 3 nitrogen and oxygen atoms in total. The molecule has 0 spiro atoms. The second-order valence-corrected chi connectivity index (χ2v) is 5.31. The Morgan fingerprint density at radius 3 is 2.30 bits per heavy atom.